The summed E-state index contributed by atoms with van der Waals surface area (Å²) in [5, 5.41) is 6.55. The van der Waals surface area contributed by atoms with Gasteiger partial charge in [0.15, 0.2) is 0 Å². The van der Waals surface area contributed by atoms with Crippen molar-refractivity contribution in [3.8, 4) is 0 Å². The van der Waals surface area contributed by atoms with E-state index in [0.717, 1.165) is 37.9 Å². The van der Waals surface area contributed by atoms with Crippen molar-refractivity contribution < 1.29 is 35.9 Å². The monoisotopic (exact) mass is 557 g/mol. The fraction of sp³-hybridized carbons (Fsp3) is 0.536. The largest absolute Gasteiger partial charge is 0.416 e. The van der Waals surface area contributed by atoms with Gasteiger partial charge in [0.25, 0.3) is 0 Å². The van der Waals surface area contributed by atoms with Crippen LogP contribution in [0.15, 0.2) is 48.5 Å². The summed E-state index contributed by atoms with van der Waals surface area (Å²) in [5.74, 6) is 0. The number of nitrogens with zero attached hydrogens (tertiary/aromatic N) is 1. The van der Waals surface area contributed by atoms with Crippen LogP contribution in [0, 0.1) is 0 Å². The first-order chi connectivity index (χ1) is 18.4. The van der Waals surface area contributed by atoms with Crippen LogP contribution in [0.2, 0.25) is 0 Å². The van der Waals surface area contributed by atoms with E-state index in [1.807, 2.05) is 35.2 Å². The average Bonchev–Trinajstić information content (AvgIpc) is 2.92. The Morgan fingerprint density at radius 1 is 1.03 bits per heavy atom. The molecular weight excluding hydrogens is 524 g/mol. The lowest BCUT2D eigenvalue weighted by molar-refractivity contribution is -0.143. The van der Waals surface area contributed by atoms with E-state index >= 15 is 0 Å². The molecule has 4 rings (SSSR count). The minimum absolute atomic E-state index is 0.0164. The van der Waals surface area contributed by atoms with Crippen LogP contribution in [0.4, 0.5) is 31.1 Å². The van der Waals surface area contributed by atoms with E-state index in [1.54, 1.807) is 0 Å². The molecule has 2 amide bonds. The maximum atomic E-state index is 13.4. The smallest absolute Gasteiger partial charge is 0.372 e. The van der Waals surface area contributed by atoms with E-state index in [-0.39, 0.29) is 30.3 Å². The number of benzene rings is 2. The SMILES string of the molecule is CC(OC[C@@]1(c2ccccc2)CC[C@H](NC(=O)N2CCCCC2)CN1)c1cc(C(F)(F)F)cc(C(F)(F)F)c1. The van der Waals surface area contributed by atoms with Crippen LogP contribution >= 0.6 is 0 Å². The number of alkyl halides is 6. The molecule has 39 heavy (non-hydrogen) atoms. The number of halogens is 6. The molecule has 2 saturated heterocycles. The maximum Gasteiger partial charge on any atom is 0.416 e. The summed E-state index contributed by atoms with van der Waals surface area (Å²) in [6.45, 7) is 3.36. The fourth-order valence-electron chi connectivity index (χ4n) is 5.20. The lowest BCUT2D eigenvalue weighted by Gasteiger charge is -2.43. The lowest BCUT2D eigenvalue weighted by Crippen LogP contribution is -2.58. The normalized spacial score (nSPS) is 23.4. The van der Waals surface area contributed by atoms with E-state index in [1.165, 1.54) is 6.92 Å². The Bertz CT molecular complexity index is 1080. The average molecular weight is 558 g/mol. The molecule has 2 aliphatic rings. The standard InChI is InChI=1S/C28H33F6N3O2/c1-19(20-14-22(27(29,30)31)16-23(15-20)28(32,33)34)39-18-26(21-8-4-2-5-9-21)11-10-24(17-35-26)36-25(38)37-12-6-3-7-13-37/h2,4-5,8-9,14-16,19,24,35H,3,6-7,10-13,17-18H2,1H3,(H,36,38)/t19?,24-,26+/m0/s1. The van der Waals surface area contributed by atoms with Crippen LogP contribution < -0.4 is 10.6 Å². The molecule has 0 saturated carbocycles. The van der Waals surface area contributed by atoms with Gasteiger partial charge < -0.3 is 20.3 Å². The number of carbonyl (C=O) groups is 1. The Balaban J connectivity index is 1.48. The summed E-state index contributed by atoms with van der Waals surface area (Å²) in [6.07, 6.45) is -6.64. The molecule has 0 aromatic heterocycles. The summed E-state index contributed by atoms with van der Waals surface area (Å²) in [7, 11) is 0. The van der Waals surface area contributed by atoms with Gasteiger partial charge in [0, 0.05) is 25.7 Å². The van der Waals surface area contributed by atoms with Gasteiger partial charge in [-0.05, 0) is 68.4 Å². The summed E-state index contributed by atoms with van der Waals surface area (Å²) < 4.78 is 86.1. The van der Waals surface area contributed by atoms with Gasteiger partial charge in [0.1, 0.15) is 0 Å². The number of ether oxygens (including phenoxy) is 1. The first kappa shape index (κ1) is 29.2. The first-order valence-electron chi connectivity index (χ1n) is 13.1. The van der Waals surface area contributed by atoms with Crippen LogP contribution in [0.5, 0.6) is 0 Å². The fourth-order valence-corrected chi connectivity index (χ4v) is 5.20. The highest BCUT2D eigenvalue weighted by Gasteiger charge is 2.40. The van der Waals surface area contributed by atoms with Crippen LogP contribution in [0.3, 0.4) is 0 Å². The molecular formula is C28H33F6N3O2. The molecule has 2 aromatic rings. The molecule has 0 radical (unpaired) electrons. The van der Waals surface area contributed by atoms with Crippen molar-refractivity contribution in [2.24, 2.45) is 0 Å². The van der Waals surface area contributed by atoms with Crippen LogP contribution in [0.25, 0.3) is 0 Å². The molecule has 2 fully saturated rings. The predicted molar refractivity (Wildman–Crippen MR) is 134 cm³/mol. The number of carbonyl (C=O) groups excluding carboxylic acids is 1. The molecule has 2 N–H and O–H groups in total. The van der Waals surface area contributed by atoms with E-state index in [0.29, 0.717) is 31.5 Å². The number of nitrogens with one attached hydrogen (secondary N) is 2. The number of hydrogen-bond donors (Lipinski definition) is 2. The van der Waals surface area contributed by atoms with Crippen molar-refractivity contribution in [2.45, 2.75) is 69.1 Å². The Morgan fingerprint density at radius 3 is 2.18 bits per heavy atom. The Hall–Kier alpha value is -2.79. The number of piperidine rings is 2. The maximum absolute atomic E-state index is 13.4. The van der Waals surface area contributed by atoms with Crippen molar-refractivity contribution in [1.82, 2.24) is 15.5 Å². The van der Waals surface area contributed by atoms with Gasteiger partial charge in [-0.3, -0.25) is 0 Å². The van der Waals surface area contributed by atoms with Crippen molar-refractivity contribution >= 4 is 6.03 Å². The van der Waals surface area contributed by atoms with Gasteiger partial charge in [-0.15, -0.1) is 0 Å². The molecule has 3 atom stereocenters. The van der Waals surface area contributed by atoms with E-state index in [4.69, 9.17) is 4.74 Å². The second-order valence-corrected chi connectivity index (χ2v) is 10.4. The highest BCUT2D eigenvalue weighted by molar-refractivity contribution is 5.74. The van der Waals surface area contributed by atoms with E-state index in [2.05, 4.69) is 10.6 Å². The Morgan fingerprint density at radius 2 is 1.64 bits per heavy atom. The number of likely N-dealkylation sites (tertiary alicyclic amines) is 1. The van der Waals surface area contributed by atoms with E-state index < -0.39 is 35.1 Å². The van der Waals surface area contributed by atoms with Crippen LogP contribution in [-0.2, 0) is 22.6 Å². The number of rotatable bonds is 6. The third-order valence-electron chi connectivity index (χ3n) is 7.56. The molecule has 2 aliphatic heterocycles. The van der Waals surface area contributed by atoms with Crippen LogP contribution in [-0.4, -0.2) is 43.2 Å². The van der Waals surface area contributed by atoms with Crippen molar-refractivity contribution in [1.29, 1.82) is 0 Å². The van der Waals surface area contributed by atoms with E-state index in [9.17, 15) is 31.1 Å². The minimum atomic E-state index is -4.93. The second-order valence-electron chi connectivity index (χ2n) is 10.4. The molecule has 214 valence electrons. The lowest BCUT2D eigenvalue weighted by atomic mass is 9.81. The number of hydrogen-bond acceptors (Lipinski definition) is 3. The summed E-state index contributed by atoms with van der Waals surface area (Å²) in [6, 6.07) is 10.7. The number of urea groups is 1. The zero-order valence-corrected chi connectivity index (χ0v) is 21.7. The third-order valence-corrected chi connectivity index (χ3v) is 7.56. The minimum Gasteiger partial charge on any atom is -0.372 e. The molecule has 2 aromatic carbocycles. The van der Waals surface area contributed by atoms with Gasteiger partial charge >= 0.3 is 18.4 Å². The third kappa shape index (κ3) is 7.25. The molecule has 11 heteroatoms. The first-order valence-corrected chi connectivity index (χ1v) is 13.1. The molecule has 5 nitrogen and oxygen atoms in total. The summed E-state index contributed by atoms with van der Waals surface area (Å²) in [5.41, 5.74) is -2.79. The van der Waals surface area contributed by atoms with Crippen LogP contribution in [0.1, 0.15) is 67.4 Å². The predicted octanol–water partition coefficient (Wildman–Crippen LogP) is 6.64. The van der Waals surface area contributed by atoms with Crippen molar-refractivity contribution in [2.75, 3.05) is 26.2 Å². The highest BCUT2D eigenvalue weighted by atomic mass is 19.4. The molecule has 1 unspecified atom stereocenters. The van der Waals surface area contributed by atoms with Gasteiger partial charge in [0.2, 0.25) is 0 Å². The summed E-state index contributed by atoms with van der Waals surface area (Å²) >= 11 is 0. The second kappa shape index (κ2) is 11.8. The van der Waals surface area contributed by atoms with Crippen molar-refractivity contribution in [3.63, 3.8) is 0 Å². The van der Waals surface area contributed by atoms with Gasteiger partial charge in [-0.25, -0.2) is 4.79 Å². The summed E-state index contributed by atoms with van der Waals surface area (Å²) in [4.78, 5) is 14.5. The zero-order valence-electron chi connectivity index (χ0n) is 21.7. The molecule has 0 spiro atoms. The van der Waals surface area contributed by atoms with Gasteiger partial charge in [-0.2, -0.15) is 26.3 Å². The molecule has 0 aliphatic carbocycles. The Kier molecular flexibility index (Phi) is 8.80. The molecule has 0 bridgehead atoms. The topological polar surface area (TPSA) is 53.6 Å². The molecule has 2 heterocycles. The van der Waals surface area contributed by atoms with Gasteiger partial charge in [0.05, 0.1) is 29.4 Å². The number of amides is 2. The highest BCUT2D eigenvalue weighted by Crippen LogP contribution is 2.39. The Labute approximate surface area is 223 Å². The van der Waals surface area contributed by atoms with Crippen molar-refractivity contribution in [3.05, 3.63) is 70.8 Å². The van der Waals surface area contributed by atoms with Gasteiger partial charge in [-0.1, -0.05) is 30.3 Å². The quantitative estimate of drug-likeness (QED) is 0.392. The zero-order chi connectivity index (χ0) is 28.3.